The fourth-order valence-electron chi connectivity index (χ4n) is 3.11. The van der Waals surface area contributed by atoms with Crippen molar-refractivity contribution in [1.29, 1.82) is 0 Å². The molecule has 25 heavy (non-hydrogen) atoms. The first-order chi connectivity index (χ1) is 12.0. The van der Waals surface area contributed by atoms with Gasteiger partial charge in [-0.1, -0.05) is 0 Å². The molecule has 0 bridgehead atoms. The summed E-state index contributed by atoms with van der Waals surface area (Å²) < 4.78 is 13.0. The lowest BCUT2D eigenvalue weighted by molar-refractivity contribution is -0.117. The molecule has 0 fully saturated rings. The highest BCUT2D eigenvalue weighted by molar-refractivity contribution is 7.10. The van der Waals surface area contributed by atoms with Crippen molar-refractivity contribution in [3.63, 3.8) is 0 Å². The maximum atomic E-state index is 11.1. The van der Waals surface area contributed by atoms with E-state index in [0.29, 0.717) is 0 Å². The number of carbonyl (C=O) groups excluding carboxylic acids is 1. The number of carbonyl (C=O) groups is 1. The minimum absolute atomic E-state index is 0.172. The van der Waals surface area contributed by atoms with Gasteiger partial charge in [0, 0.05) is 34.1 Å². The molecular formula is C18H17N3O3S. The maximum absolute atomic E-state index is 11.1. The second-order valence-corrected chi connectivity index (χ2v) is 6.87. The highest BCUT2D eigenvalue weighted by Gasteiger charge is 2.18. The smallest absolute Gasteiger partial charge is 0.231 e. The van der Waals surface area contributed by atoms with Gasteiger partial charge in [0.1, 0.15) is 5.01 Å². The van der Waals surface area contributed by atoms with Crippen LogP contribution in [0.5, 0.6) is 11.5 Å². The monoisotopic (exact) mass is 355 g/mol. The molecule has 3 heterocycles. The SMILES string of the molecule is Cc1cc(-c2csc(CC(N)=O)n2)c(C)n1-c1ccc2c(c1)OCO2. The van der Waals surface area contributed by atoms with Crippen LogP contribution in [-0.2, 0) is 11.2 Å². The third kappa shape index (κ3) is 2.76. The van der Waals surface area contributed by atoms with Crippen molar-refractivity contribution in [3.05, 3.63) is 46.0 Å². The maximum Gasteiger partial charge on any atom is 0.231 e. The number of rotatable bonds is 4. The molecule has 0 saturated heterocycles. The van der Waals surface area contributed by atoms with Gasteiger partial charge in [0.05, 0.1) is 12.1 Å². The third-order valence-electron chi connectivity index (χ3n) is 4.20. The van der Waals surface area contributed by atoms with Crippen LogP contribution in [0.1, 0.15) is 16.4 Å². The van der Waals surface area contributed by atoms with Gasteiger partial charge >= 0.3 is 0 Å². The van der Waals surface area contributed by atoms with E-state index in [1.165, 1.54) is 11.3 Å². The quantitative estimate of drug-likeness (QED) is 0.780. The predicted octanol–water partition coefficient (Wildman–Crippen LogP) is 2.97. The topological polar surface area (TPSA) is 79.4 Å². The zero-order chi connectivity index (χ0) is 17.6. The Kier molecular flexibility index (Phi) is 3.73. The summed E-state index contributed by atoms with van der Waals surface area (Å²) in [7, 11) is 0. The van der Waals surface area contributed by atoms with E-state index in [4.69, 9.17) is 15.2 Å². The number of aryl methyl sites for hydroxylation is 1. The molecule has 1 aliphatic heterocycles. The first kappa shape index (κ1) is 15.7. The van der Waals surface area contributed by atoms with Gasteiger partial charge in [-0.15, -0.1) is 11.3 Å². The van der Waals surface area contributed by atoms with Gasteiger partial charge in [0.15, 0.2) is 11.5 Å². The Hall–Kier alpha value is -2.80. The van der Waals surface area contributed by atoms with Crippen molar-refractivity contribution in [2.24, 2.45) is 5.73 Å². The fourth-order valence-corrected chi connectivity index (χ4v) is 3.91. The van der Waals surface area contributed by atoms with E-state index < -0.39 is 0 Å². The van der Waals surface area contributed by atoms with Gasteiger partial charge in [-0.3, -0.25) is 4.79 Å². The second kappa shape index (κ2) is 5.93. The molecule has 128 valence electrons. The summed E-state index contributed by atoms with van der Waals surface area (Å²) >= 11 is 1.45. The zero-order valence-corrected chi connectivity index (χ0v) is 14.7. The van der Waals surface area contributed by atoms with Crippen LogP contribution in [0.25, 0.3) is 16.9 Å². The van der Waals surface area contributed by atoms with Crippen molar-refractivity contribution in [2.45, 2.75) is 20.3 Å². The van der Waals surface area contributed by atoms with Gasteiger partial charge < -0.3 is 19.8 Å². The van der Waals surface area contributed by atoms with Crippen LogP contribution in [0.15, 0.2) is 29.6 Å². The first-order valence-corrected chi connectivity index (χ1v) is 8.73. The number of hydrogen-bond acceptors (Lipinski definition) is 5. The van der Waals surface area contributed by atoms with Crippen LogP contribution in [0.3, 0.4) is 0 Å². The predicted molar refractivity (Wildman–Crippen MR) is 95.4 cm³/mol. The number of fused-ring (bicyclic) bond motifs is 1. The summed E-state index contributed by atoms with van der Waals surface area (Å²) in [5.74, 6) is 1.15. The minimum atomic E-state index is -0.369. The molecule has 1 aliphatic rings. The lowest BCUT2D eigenvalue weighted by Gasteiger charge is -2.10. The fraction of sp³-hybridized carbons (Fsp3) is 0.222. The zero-order valence-electron chi connectivity index (χ0n) is 13.9. The van der Waals surface area contributed by atoms with Gasteiger partial charge in [0.2, 0.25) is 12.7 Å². The van der Waals surface area contributed by atoms with Crippen molar-refractivity contribution in [2.75, 3.05) is 6.79 Å². The normalized spacial score (nSPS) is 12.6. The molecule has 0 unspecified atom stereocenters. The molecule has 7 heteroatoms. The van der Waals surface area contributed by atoms with Crippen LogP contribution in [0.4, 0.5) is 0 Å². The van der Waals surface area contributed by atoms with Crippen molar-refractivity contribution in [3.8, 4) is 28.4 Å². The third-order valence-corrected chi connectivity index (χ3v) is 5.05. The summed E-state index contributed by atoms with van der Waals surface area (Å²) in [5.41, 5.74) is 10.3. The molecule has 6 nitrogen and oxygen atoms in total. The summed E-state index contributed by atoms with van der Waals surface area (Å²) in [4.78, 5) is 15.6. The largest absolute Gasteiger partial charge is 0.454 e. The van der Waals surface area contributed by atoms with E-state index in [-0.39, 0.29) is 19.1 Å². The van der Waals surface area contributed by atoms with Crippen LogP contribution in [-0.4, -0.2) is 22.3 Å². The molecule has 1 amide bonds. The Morgan fingerprint density at radius 2 is 2.08 bits per heavy atom. The minimum Gasteiger partial charge on any atom is -0.454 e. The first-order valence-electron chi connectivity index (χ1n) is 7.85. The number of nitrogens with two attached hydrogens (primary N) is 1. The number of thiazole rings is 1. The Morgan fingerprint density at radius 3 is 2.88 bits per heavy atom. The van der Waals surface area contributed by atoms with Crippen LogP contribution < -0.4 is 15.2 Å². The lowest BCUT2D eigenvalue weighted by atomic mass is 10.2. The number of benzene rings is 1. The van der Waals surface area contributed by atoms with Crippen LogP contribution in [0.2, 0.25) is 0 Å². The van der Waals surface area contributed by atoms with Crippen molar-refractivity contribution < 1.29 is 14.3 Å². The van der Waals surface area contributed by atoms with Crippen molar-refractivity contribution in [1.82, 2.24) is 9.55 Å². The molecule has 3 aromatic rings. The lowest BCUT2D eigenvalue weighted by Crippen LogP contribution is -2.13. The average Bonchev–Trinajstić information content (AvgIpc) is 3.25. The molecule has 0 radical (unpaired) electrons. The summed E-state index contributed by atoms with van der Waals surface area (Å²) in [6.07, 6.45) is 0.172. The van der Waals surface area contributed by atoms with E-state index in [2.05, 4.69) is 29.5 Å². The number of ether oxygens (including phenoxy) is 2. The van der Waals surface area contributed by atoms with E-state index in [0.717, 1.165) is 44.8 Å². The Labute approximate surface area is 148 Å². The average molecular weight is 355 g/mol. The molecule has 4 rings (SSSR count). The van der Waals surface area contributed by atoms with Crippen molar-refractivity contribution >= 4 is 17.2 Å². The van der Waals surface area contributed by atoms with E-state index in [1.807, 2.05) is 23.6 Å². The molecular weight excluding hydrogens is 338 g/mol. The molecule has 0 aliphatic carbocycles. The van der Waals surface area contributed by atoms with Gasteiger partial charge in [-0.05, 0) is 32.0 Å². The van der Waals surface area contributed by atoms with Crippen LogP contribution in [0, 0.1) is 13.8 Å². The standard InChI is InChI=1S/C18H17N3O3S/c1-10-5-13(14-8-25-18(20-14)7-17(19)22)11(2)21(10)12-3-4-15-16(6-12)24-9-23-15/h3-6,8H,7,9H2,1-2H3,(H2,19,22). The number of amides is 1. The highest BCUT2D eigenvalue weighted by atomic mass is 32.1. The van der Waals surface area contributed by atoms with E-state index >= 15 is 0 Å². The second-order valence-electron chi connectivity index (χ2n) is 5.93. The van der Waals surface area contributed by atoms with Gasteiger partial charge in [0.25, 0.3) is 0 Å². The van der Waals surface area contributed by atoms with Gasteiger partial charge in [-0.25, -0.2) is 4.98 Å². The number of nitrogens with zero attached hydrogens (tertiary/aromatic N) is 2. The van der Waals surface area contributed by atoms with Gasteiger partial charge in [-0.2, -0.15) is 0 Å². The van der Waals surface area contributed by atoms with E-state index in [9.17, 15) is 4.79 Å². The molecule has 1 aromatic carbocycles. The molecule has 0 spiro atoms. The Bertz CT molecular complexity index is 974. The Morgan fingerprint density at radius 1 is 1.28 bits per heavy atom. The summed E-state index contributed by atoms with van der Waals surface area (Å²) in [6, 6.07) is 8.01. The highest BCUT2D eigenvalue weighted by Crippen LogP contribution is 2.36. The summed E-state index contributed by atoms with van der Waals surface area (Å²) in [6.45, 7) is 4.37. The van der Waals surface area contributed by atoms with Crippen LogP contribution >= 0.6 is 11.3 Å². The number of aromatic nitrogens is 2. The molecule has 0 saturated carbocycles. The van der Waals surface area contributed by atoms with E-state index in [1.54, 1.807) is 0 Å². The molecule has 2 aromatic heterocycles. The molecule has 2 N–H and O–H groups in total. The molecule has 0 atom stereocenters. The Balaban J connectivity index is 1.74. The number of hydrogen-bond donors (Lipinski definition) is 1. The number of primary amides is 1. The summed E-state index contributed by atoms with van der Waals surface area (Å²) in [5, 5.41) is 2.69.